The molecule has 17 heteroatoms. The van der Waals surface area contributed by atoms with Gasteiger partial charge in [0.15, 0.2) is 12.6 Å². The van der Waals surface area contributed by atoms with Gasteiger partial charge in [-0.25, -0.2) is 4.79 Å². The van der Waals surface area contributed by atoms with Crippen LogP contribution < -0.4 is 5.32 Å². The molecule has 1 aromatic rings. The number of aliphatic hydroxyl groups excluding tert-OH is 8. The summed E-state index contributed by atoms with van der Waals surface area (Å²) in [6, 6.07) is 9.25. The third-order valence-electron chi connectivity index (χ3n) is 7.89. The predicted molar refractivity (Wildman–Crippen MR) is 159 cm³/mol. The summed E-state index contributed by atoms with van der Waals surface area (Å²) in [5, 5.41) is 81.8. The van der Waals surface area contributed by atoms with Crippen molar-refractivity contribution >= 4 is 12.0 Å². The van der Waals surface area contributed by atoms with Gasteiger partial charge in [-0.2, -0.15) is 0 Å². The molecule has 3 rings (SSSR count). The van der Waals surface area contributed by atoms with E-state index in [2.05, 4.69) is 5.32 Å². The van der Waals surface area contributed by atoms with Crippen molar-refractivity contribution in [3.8, 4) is 0 Å². The number of unbranched alkanes of at least 4 members (excludes halogenated alkanes) is 2. The van der Waals surface area contributed by atoms with Crippen molar-refractivity contribution in [2.45, 2.75) is 93.7 Å². The van der Waals surface area contributed by atoms with Crippen molar-refractivity contribution in [3.05, 3.63) is 35.9 Å². The standard InChI is InChI=1S/C30H48N2O15/c33-15-19-22(36)24(38)26(40)28(46-19)43-13-11-32(12-14-44-29-27(41)25(39)23(37)20(16-34)47-29)21(35)9-5-2-6-10-31-30(42)45-17-18-7-3-1-4-8-18/h1,3-4,7-8,19-20,22-29,33-34,36-41H,2,5-6,9-17H2,(H,31,42)/t19-,20-,22-,23-,24+,25+,26+,27+,28+,29+/m1/s1. The number of carbonyl (C=O) groups excluding carboxylic acids is 2. The summed E-state index contributed by atoms with van der Waals surface area (Å²) in [7, 11) is 0. The highest BCUT2D eigenvalue weighted by molar-refractivity contribution is 5.76. The number of hydrogen-bond acceptors (Lipinski definition) is 15. The third-order valence-corrected chi connectivity index (χ3v) is 7.89. The second-order valence-electron chi connectivity index (χ2n) is 11.3. The Morgan fingerprint density at radius 2 is 1.26 bits per heavy atom. The van der Waals surface area contributed by atoms with E-state index in [0.29, 0.717) is 25.8 Å². The first-order valence-electron chi connectivity index (χ1n) is 15.6. The maximum atomic E-state index is 13.1. The zero-order valence-electron chi connectivity index (χ0n) is 26.0. The molecule has 2 saturated heterocycles. The SMILES string of the molecule is O=C(NCCCCCC(=O)N(CCO[C@H]1O[C@H](CO)[C@@H](O)[C@H](O)[C@@H]1O)CCO[C@H]1O[C@H](CO)[C@@H](O)[C@H](O)[C@@H]1O)OCc1ccccc1. The average molecular weight is 677 g/mol. The van der Waals surface area contributed by atoms with Gasteiger partial charge in [-0.3, -0.25) is 4.79 Å². The lowest BCUT2D eigenvalue weighted by Gasteiger charge is -2.40. The van der Waals surface area contributed by atoms with Gasteiger partial charge in [0.05, 0.1) is 26.4 Å². The summed E-state index contributed by atoms with van der Waals surface area (Å²) in [6.45, 7) is -1.17. The van der Waals surface area contributed by atoms with Crippen molar-refractivity contribution in [2.75, 3.05) is 46.1 Å². The molecule has 9 N–H and O–H groups in total. The molecule has 17 nitrogen and oxygen atoms in total. The summed E-state index contributed by atoms with van der Waals surface area (Å²) >= 11 is 0. The molecule has 2 aliphatic rings. The first-order valence-corrected chi connectivity index (χ1v) is 15.6. The molecule has 0 spiro atoms. The van der Waals surface area contributed by atoms with E-state index in [4.69, 9.17) is 23.7 Å². The van der Waals surface area contributed by atoms with Crippen molar-refractivity contribution in [2.24, 2.45) is 0 Å². The van der Waals surface area contributed by atoms with Gasteiger partial charge in [0.25, 0.3) is 0 Å². The number of hydrogen-bond donors (Lipinski definition) is 9. The van der Waals surface area contributed by atoms with E-state index < -0.39 is 80.7 Å². The average Bonchev–Trinajstić information content (AvgIpc) is 3.08. The van der Waals surface area contributed by atoms with Crippen LogP contribution in [0.15, 0.2) is 30.3 Å². The van der Waals surface area contributed by atoms with Crippen LogP contribution in [0.1, 0.15) is 31.2 Å². The van der Waals surface area contributed by atoms with Gasteiger partial charge < -0.3 is 74.8 Å². The quantitative estimate of drug-likeness (QED) is 0.0700. The molecular formula is C30H48N2O15. The number of carbonyl (C=O) groups is 2. The van der Waals surface area contributed by atoms with Crippen molar-refractivity contribution in [1.82, 2.24) is 10.2 Å². The Morgan fingerprint density at radius 3 is 1.77 bits per heavy atom. The van der Waals surface area contributed by atoms with Crippen LogP contribution in [-0.2, 0) is 35.1 Å². The van der Waals surface area contributed by atoms with E-state index in [1.165, 1.54) is 4.90 Å². The second kappa shape index (κ2) is 20.1. The minimum Gasteiger partial charge on any atom is -0.445 e. The van der Waals surface area contributed by atoms with E-state index in [1.807, 2.05) is 30.3 Å². The number of amides is 2. The predicted octanol–water partition coefficient (Wildman–Crippen LogP) is -3.07. The van der Waals surface area contributed by atoms with Crippen LogP contribution in [0.2, 0.25) is 0 Å². The first kappa shape index (κ1) is 38.9. The van der Waals surface area contributed by atoms with E-state index in [1.54, 1.807) is 0 Å². The molecule has 0 aromatic heterocycles. The van der Waals surface area contributed by atoms with Gasteiger partial charge in [0.2, 0.25) is 5.91 Å². The zero-order valence-corrected chi connectivity index (χ0v) is 26.0. The highest BCUT2D eigenvalue weighted by Gasteiger charge is 2.45. The lowest BCUT2D eigenvalue weighted by atomic mass is 9.99. The van der Waals surface area contributed by atoms with E-state index in [0.717, 1.165) is 5.56 Å². The second-order valence-corrected chi connectivity index (χ2v) is 11.3. The van der Waals surface area contributed by atoms with Crippen LogP contribution in [0, 0.1) is 0 Å². The van der Waals surface area contributed by atoms with E-state index in [-0.39, 0.29) is 45.2 Å². The van der Waals surface area contributed by atoms with E-state index in [9.17, 15) is 50.4 Å². The minimum atomic E-state index is -1.63. The van der Waals surface area contributed by atoms with E-state index >= 15 is 0 Å². The smallest absolute Gasteiger partial charge is 0.407 e. The molecule has 1 aromatic carbocycles. The first-order chi connectivity index (χ1) is 22.6. The Labute approximate surface area is 272 Å². The van der Waals surface area contributed by atoms with Gasteiger partial charge in [0, 0.05) is 26.1 Å². The van der Waals surface area contributed by atoms with Crippen LogP contribution in [0.25, 0.3) is 0 Å². The van der Waals surface area contributed by atoms with Gasteiger partial charge in [-0.15, -0.1) is 0 Å². The third kappa shape index (κ3) is 11.8. The number of aliphatic hydroxyl groups is 8. The lowest BCUT2D eigenvalue weighted by molar-refractivity contribution is -0.303. The molecule has 47 heavy (non-hydrogen) atoms. The Hall–Kier alpha value is -2.52. The molecule has 2 amide bonds. The molecule has 2 aliphatic heterocycles. The summed E-state index contributed by atoms with van der Waals surface area (Å²) in [4.78, 5) is 26.4. The van der Waals surface area contributed by atoms with Crippen molar-refractivity contribution in [3.63, 3.8) is 0 Å². The molecule has 0 aliphatic carbocycles. The number of nitrogens with one attached hydrogen (secondary N) is 1. The largest absolute Gasteiger partial charge is 0.445 e. The van der Waals surface area contributed by atoms with Crippen LogP contribution in [0.3, 0.4) is 0 Å². The molecule has 2 heterocycles. The molecule has 268 valence electrons. The number of rotatable bonds is 18. The fourth-order valence-electron chi connectivity index (χ4n) is 5.03. The van der Waals surface area contributed by atoms with Crippen molar-refractivity contribution in [1.29, 1.82) is 0 Å². The van der Waals surface area contributed by atoms with Crippen LogP contribution >= 0.6 is 0 Å². The fraction of sp³-hybridized carbons (Fsp3) is 0.733. The summed E-state index contributed by atoms with van der Waals surface area (Å²) in [5.41, 5.74) is 0.864. The lowest BCUT2D eigenvalue weighted by Crippen LogP contribution is -2.59. The number of nitrogens with zero attached hydrogens (tertiary/aromatic N) is 1. The number of benzene rings is 1. The Kier molecular flexibility index (Phi) is 16.6. The van der Waals surface area contributed by atoms with Gasteiger partial charge in [0.1, 0.15) is 55.4 Å². The Bertz CT molecular complexity index is 1010. The molecule has 2 fully saturated rings. The topological polar surface area (TPSA) is 257 Å². The minimum absolute atomic E-state index is 0.0271. The maximum absolute atomic E-state index is 13.1. The fourth-order valence-corrected chi connectivity index (χ4v) is 5.03. The van der Waals surface area contributed by atoms with Crippen LogP contribution in [-0.4, -0.2) is 165 Å². The molecule has 0 unspecified atom stereocenters. The summed E-state index contributed by atoms with van der Waals surface area (Å²) in [6.07, 6.45) is -13.4. The highest BCUT2D eigenvalue weighted by atomic mass is 16.7. The number of ether oxygens (including phenoxy) is 5. The molecule has 0 saturated carbocycles. The van der Waals surface area contributed by atoms with Gasteiger partial charge in [-0.05, 0) is 18.4 Å². The normalized spacial score (nSPS) is 30.9. The molecule has 10 atom stereocenters. The maximum Gasteiger partial charge on any atom is 0.407 e. The molecular weight excluding hydrogens is 628 g/mol. The molecule has 0 radical (unpaired) electrons. The van der Waals surface area contributed by atoms with Crippen LogP contribution in [0.5, 0.6) is 0 Å². The van der Waals surface area contributed by atoms with Crippen molar-refractivity contribution < 1.29 is 74.1 Å². The van der Waals surface area contributed by atoms with Gasteiger partial charge in [-0.1, -0.05) is 36.8 Å². The summed E-state index contributed by atoms with van der Waals surface area (Å²) in [5.74, 6) is -0.296. The summed E-state index contributed by atoms with van der Waals surface area (Å²) < 4.78 is 26.9. The Balaban J connectivity index is 1.45. The monoisotopic (exact) mass is 676 g/mol. The highest BCUT2D eigenvalue weighted by Crippen LogP contribution is 2.23. The zero-order chi connectivity index (χ0) is 34.3. The Morgan fingerprint density at radius 1 is 0.723 bits per heavy atom. The van der Waals surface area contributed by atoms with Gasteiger partial charge >= 0.3 is 6.09 Å². The number of alkyl carbamates (subject to hydrolysis) is 1. The van der Waals surface area contributed by atoms with Crippen LogP contribution in [0.4, 0.5) is 4.79 Å². The molecule has 0 bridgehead atoms.